The molecule has 0 N–H and O–H groups in total. The number of fused-ring (bicyclic) bond motifs is 1. The quantitative estimate of drug-likeness (QED) is 0.746. The number of rotatable bonds is 3. The minimum Gasteiger partial charge on any atom is -0.311 e. The molecule has 2 rings (SSSR count). The van der Waals surface area contributed by atoms with Crippen LogP contribution in [-0.4, -0.2) is 12.5 Å². The van der Waals surface area contributed by atoms with Gasteiger partial charge in [-0.2, -0.15) is 5.26 Å². The van der Waals surface area contributed by atoms with Crippen molar-refractivity contribution in [3.8, 4) is 6.07 Å². The van der Waals surface area contributed by atoms with Crippen LogP contribution >= 0.6 is 0 Å². The third kappa shape index (κ3) is 1.80. The summed E-state index contributed by atoms with van der Waals surface area (Å²) in [6.45, 7) is 4.55. The first-order chi connectivity index (χ1) is 8.09. The van der Waals surface area contributed by atoms with Gasteiger partial charge in [-0.1, -0.05) is 18.2 Å². The second-order valence-electron chi connectivity index (χ2n) is 4.86. The molecule has 1 aromatic rings. The van der Waals surface area contributed by atoms with Gasteiger partial charge in [0.1, 0.15) is 0 Å². The van der Waals surface area contributed by atoms with Crippen molar-refractivity contribution in [1.82, 2.24) is 0 Å². The Morgan fingerprint density at radius 2 is 2.06 bits per heavy atom. The average Bonchev–Trinajstić information content (AvgIpc) is 2.51. The van der Waals surface area contributed by atoms with E-state index in [4.69, 9.17) is 5.26 Å². The highest BCUT2D eigenvalue weighted by molar-refractivity contribution is 6.07. The van der Waals surface area contributed by atoms with Gasteiger partial charge in [-0.25, -0.2) is 0 Å². The molecule has 88 valence electrons. The molecule has 3 heteroatoms. The number of nitrogens with zero attached hydrogens (tertiary/aromatic N) is 2. The van der Waals surface area contributed by atoms with Crippen molar-refractivity contribution in [3.63, 3.8) is 0 Å². The first-order valence-electron chi connectivity index (χ1n) is 5.87. The lowest BCUT2D eigenvalue weighted by atomic mass is 9.86. The number of benzene rings is 1. The van der Waals surface area contributed by atoms with Crippen molar-refractivity contribution in [3.05, 3.63) is 29.8 Å². The molecular weight excluding hydrogens is 212 g/mol. The van der Waals surface area contributed by atoms with Gasteiger partial charge in [0, 0.05) is 18.7 Å². The molecule has 0 aromatic heterocycles. The van der Waals surface area contributed by atoms with Gasteiger partial charge in [0.2, 0.25) is 5.91 Å². The van der Waals surface area contributed by atoms with Crippen molar-refractivity contribution < 1.29 is 4.79 Å². The van der Waals surface area contributed by atoms with Gasteiger partial charge >= 0.3 is 0 Å². The summed E-state index contributed by atoms with van der Waals surface area (Å²) in [5.41, 5.74) is 1.64. The zero-order valence-corrected chi connectivity index (χ0v) is 10.2. The van der Waals surface area contributed by atoms with E-state index in [1.165, 1.54) is 0 Å². The molecular formula is C14H16N2O. The second-order valence-corrected chi connectivity index (χ2v) is 4.86. The standard InChI is InChI=1S/C14H16N2O/c1-14(2)11-7-3-4-8-12(11)16(13(14)17)10-6-5-9-15/h3-4,7-8H,5-6,10H2,1-2H3. The first kappa shape index (κ1) is 11.7. The van der Waals surface area contributed by atoms with Gasteiger partial charge in [0.15, 0.2) is 0 Å². The van der Waals surface area contributed by atoms with E-state index in [-0.39, 0.29) is 5.91 Å². The molecule has 0 fully saturated rings. The first-order valence-corrected chi connectivity index (χ1v) is 5.87. The lowest BCUT2D eigenvalue weighted by Crippen LogP contribution is -2.36. The number of unbranched alkanes of at least 4 members (excludes halogenated alkanes) is 1. The van der Waals surface area contributed by atoms with Crippen molar-refractivity contribution in [2.45, 2.75) is 32.1 Å². The van der Waals surface area contributed by atoms with Gasteiger partial charge in [0.25, 0.3) is 0 Å². The third-order valence-corrected chi connectivity index (χ3v) is 3.32. The highest BCUT2D eigenvalue weighted by Gasteiger charge is 2.42. The monoisotopic (exact) mass is 228 g/mol. The van der Waals surface area contributed by atoms with Crippen LogP contribution in [0.3, 0.4) is 0 Å². The maximum absolute atomic E-state index is 12.3. The van der Waals surface area contributed by atoms with E-state index in [2.05, 4.69) is 6.07 Å². The molecule has 0 spiro atoms. The summed E-state index contributed by atoms with van der Waals surface area (Å²) in [6.07, 6.45) is 1.22. The molecule has 1 amide bonds. The topological polar surface area (TPSA) is 44.1 Å². The molecule has 0 aliphatic carbocycles. The predicted octanol–water partition coefficient (Wildman–Crippen LogP) is 2.61. The number of para-hydroxylation sites is 1. The van der Waals surface area contributed by atoms with E-state index in [0.717, 1.165) is 17.7 Å². The molecule has 1 aliphatic rings. The maximum atomic E-state index is 12.3. The average molecular weight is 228 g/mol. The number of anilines is 1. The van der Waals surface area contributed by atoms with Crippen LogP contribution in [0.4, 0.5) is 5.69 Å². The van der Waals surface area contributed by atoms with E-state index < -0.39 is 5.41 Å². The molecule has 1 aromatic carbocycles. The Balaban J connectivity index is 2.30. The van der Waals surface area contributed by atoms with Crippen LogP contribution in [0.1, 0.15) is 32.3 Å². The van der Waals surface area contributed by atoms with Gasteiger partial charge < -0.3 is 4.90 Å². The minimum atomic E-state index is -0.441. The van der Waals surface area contributed by atoms with Crippen molar-refractivity contribution in [1.29, 1.82) is 5.26 Å². The fourth-order valence-electron chi connectivity index (χ4n) is 2.34. The summed E-state index contributed by atoms with van der Waals surface area (Å²) in [5.74, 6) is 0.136. The highest BCUT2D eigenvalue weighted by Crippen LogP contribution is 2.41. The van der Waals surface area contributed by atoms with Gasteiger partial charge in [-0.15, -0.1) is 0 Å². The van der Waals surface area contributed by atoms with Gasteiger partial charge in [-0.05, 0) is 31.9 Å². The van der Waals surface area contributed by atoms with Crippen LogP contribution in [0.15, 0.2) is 24.3 Å². The van der Waals surface area contributed by atoms with E-state index in [1.54, 1.807) is 0 Å². The zero-order chi connectivity index (χ0) is 12.5. The number of hydrogen-bond acceptors (Lipinski definition) is 2. The van der Waals surface area contributed by atoms with E-state index in [1.807, 2.05) is 43.0 Å². The fourth-order valence-corrected chi connectivity index (χ4v) is 2.34. The summed E-state index contributed by atoms with van der Waals surface area (Å²) in [6, 6.07) is 10.0. The summed E-state index contributed by atoms with van der Waals surface area (Å²) < 4.78 is 0. The van der Waals surface area contributed by atoms with Crippen molar-refractivity contribution >= 4 is 11.6 Å². The largest absolute Gasteiger partial charge is 0.311 e. The Morgan fingerprint density at radius 3 is 2.76 bits per heavy atom. The Hall–Kier alpha value is -1.82. The van der Waals surface area contributed by atoms with Crippen LogP contribution in [0, 0.1) is 11.3 Å². The lowest BCUT2D eigenvalue weighted by Gasteiger charge is -2.19. The van der Waals surface area contributed by atoms with Gasteiger partial charge in [0.05, 0.1) is 11.5 Å². The summed E-state index contributed by atoms with van der Waals surface area (Å²) in [7, 11) is 0. The van der Waals surface area contributed by atoms with Crippen LogP contribution in [0.2, 0.25) is 0 Å². The summed E-state index contributed by atoms with van der Waals surface area (Å²) in [5, 5.41) is 8.55. The number of carbonyl (C=O) groups is 1. The number of nitriles is 1. The summed E-state index contributed by atoms with van der Waals surface area (Å²) >= 11 is 0. The van der Waals surface area contributed by atoms with Crippen LogP contribution in [0.25, 0.3) is 0 Å². The molecule has 0 saturated carbocycles. The van der Waals surface area contributed by atoms with Crippen molar-refractivity contribution in [2.75, 3.05) is 11.4 Å². The Kier molecular flexibility index (Phi) is 2.89. The van der Waals surface area contributed by atoms with Crippen LogP contribution in [0.5, 0.6) is 0 Å². The van der Waals surface area contributed by atoms with Crippen LogP contribution < -0.4 is 4.90 Å². The third-order valence-electron chi connectivity index (χ3n) is 3.32. The van der Waals surface area contributed by atoms with Crippen molar-refractivity contribution in [2.24, 2.45) is 0 Å². The fraction of sp³-hybridized carbons (Fsp3) is 0.429. The zero-order valence-electron chi connectivity index (χ0n) is 10.2. The SMILES string of the molecule is CC1(C)C(=O)N(CCCC#N)c2ccccc21. The lowest BCUT2D eigenvalue weighted by molar-refractivity contribution is -0.122. The Bertz CT molecular complexity index is 485. The molecule has 0 unspecified atom stereocenters. The molecule has 0 bridgehead atoms. The number of carbonyl (C=O) groups excluding carboxylic acids is 1. The molecule has 1 aliphatic heterocycles. The molecule has 17 heavy (non-hydrogen) atoms. The molecule has 1 heterocycles. The summed E-state index contributed by atoms with van der Waals surface area (Å²) in [4.78, 5) is 14.1. The number of hydrogen-bond donors (Lipinski definition) is 0. The van der Waals surface area contributed by atoms with Crippen LogP contribution in [-0.2, 0) is 10.2 Å². The Labute approximate surface area is 102 Å². The normalized spacial score (nSPS) is 16.8. The Morgan fingerprint density at radius 1 is 1.35 bits per heavy atom. The molecule has 0 radical (unpaired) electrons. The molecule has 3 nitrogen and oxygen atoms in total. The van der Waals surface area contributed by atoms with E-state index in [0.29, 0.717) is 13.0 Å². The molecule has 0 saturated heterocycles. The molecule has 0 atom stereocenters. The second kappa shape index (κ2) is 4.21. The minimum absolute atomic E-state index is 0.136. The highest BCUT2D eigenvalue weighted by atomic mass is 16.2. The smallest absolute Gasteiger partial charge is 0.237 e. The van der Waals surface area contributed by atoms with E-state index in [9.17, 15) is 4.79 Å². The van der Waals surface area contributed by atoms with E-state index >= 15 is 0 Å². The predicted molar refractivity (Wildman–Crippen MR) is 66.7 cm³/mol. The maximum Gasteiger partial charge on any atom is 0.237 e. The van der Waals surface area contributed by atoms with Gasteiger partial charge in [-0.3, -0.25) is 4.79 Å². The number of amides is 1.